The predicted molar refractivity (Wildman–Crippen MR) is 91.6 cm³/mol. The van der Waals surface area contributed by atoms with Crippen molar-refractivity contribution >= 4 is 17.5 Å². The Morgan fingerprint density at radius 2 is 2.00 bits per heavy atom. The highest BCUT2D eigenvalue weighted by molar-refractivity contribution is 6.30. The van der Waals surface area contributed by atoms with Crippen molar-refractivity contribution in [2.24, 2.45) is 5.73 Å². The standard InChI is InChI=1S/C18H24ClNO2/c1-13(2)6-4-7-14(3)10-11-18(22,17(20)21)15-8-5-9-16(19)12-15/h5-6,8-10,12,22H,4,7,11H2,1-3H3,(H2,20,21)/b14-10+. The second kappa shape index (κ2) is 8.16. The van der Waals surface area contributed by atoms with Gasteiger partial charge in [-0.25, -0.2) is 0 Å². The third-order valence-corrected chi connectivity index (χ3v) is 3.78. The molecule has 22 heavy (non-hydrogen) atoms. The number of carbonyl (C=O) groups excluding carboxylic acids is 1. The van der Waals surface area contributed by atoms with Crippen molar-refractivity contribution in [1.29, 1.82) is 0 Å². The number of allylic oxidation sites excluding steroid dienone is 3. The van der Waals surface area contributed by atoms with Crippen molar-refractivity contribution in [3.8, 4) is 0 Å². The lowest BCUT2D eigenvalue weighted by atomic mass is 9.88. The van der Waals surface area contributed by atoms with Gasteiger partial charge in [0, 0.05) is 11.4 Å². The van der Waals surface area contributed by atoms with Gasteiger partial charge in [0.05, 0.1) is 0 Å². The topological polar surface area (TPSA) is 63.3 Å². The Kier molecular flexibility index (Phi) is 6.85. The summed E-state index contributed by atoms with van der Waals surface area (Å²) < 4.78 is 0. The van der Waals surface area contributed by atoms with Crippen LogP contribution in [0.4, 0.5) is 0 Å². The number of aliphatic hydroxyl groups is 1. The third kappa shape index (κ3) is 5.32. The first-order valence-electron chi connectivity index (χ1n) is 7.33. The average molecular weight is 322 g/mol. The van der Waals surface area contributed by atoms with E-state index in [9.17, 15) is 9.90 Å². The number of benzene rings is 1. The molecule has 0 bridgehead atoms. The maximum atomic E-state index is 11.7. The van der Waals surface area contributed by atoms with Crippen LogP contribution in [-0.4, -0.2) is 11.0 Å². The highest BCUT2D eigenvalue weighted by Gasteiger charge is 2.35. The molecule has 0 saturated carbocycles. The number of rotatable bonds is 7. The molecule has 0 saturated heterocycles. The summed E-state index contributed by atoms with van der Waals surface area (Å²) in [5, 5.41) is 11.1. The molecule has 0 aliphatic heterocycles. The molecular formula is C18H24ClNO2. The van der Waals surface area contributed by atoms with Crippen LogP contribution in [-0.2, 0) is 10.4 Å². The first-order valence-corrected chi connectivity index (χ1v) is 7.71. The maximum absolute atomic E-state index is 11.7. The lowest BCUT2D eigenvalue weighted by Gasteiger charge is -2.24. The second-order valence-electron chi connectivity index (χ2n) is 5.81. The van der Waals surface area contributed by atoms with Gasteiger partial charge in [-0.3, -0.25) is 4.79 Å². The molecule has 120 valence electrons. The van der Waals surface area contributed by atoms with Crippen molar-refractivity contribution < 1.29 is 9.90 Å². The maximum Gasteiger partial charge on any atom is 0.254 e. The molecule has 1 aromatic carbocycles. The van der Waals surface area contributed by atoms with E-state index in [4.69, 9.17) is 17.3 Å². The van der Waals surface area contributed by atoms with E-state index in [2.05, 4.69) is 19.9 Å². The van der Waals surface area contributed by atoms with Crippen LogP contribution in [0.2, 0.25) is 5.02 Å². The molecule has 0 aliphatic rings. The number of halogens is 1. The fraction of sp³-hybridized carbons (Fsp3) is 0.389. The van der Waals surface area contributed by atoms with E-state index in [1.807, 2.05) is 13.0 Å². The zero-order chi connectivity index (χ0) is 16.8. The molecule has 0 heterocycles. The van der Waals surface area contributed by atoms with Gasteiger partial charge in [-0.1, -0.05) is 47.0 Å². The van der Waals surface area contributed by atoms with E-state index >= 15 is 0 Å². The second-order valence-corrected chi connectivity index (χ2v) is 6.25. The first-order chi connectivity index (χ1) is 10.3. The zero-order valence-corrected chi connectivity index (χ0v) is 14.2. The minimum atomic E-state index is -1.73. The van der Waals surface area contributed by atoms with Gasteiger partial charge in [-0.15, -0.1) is 0 Å². The van der Waals surface area contributed by atoms with Crippen LogP contribution >= 0.6 is 11.6 Å². The summed E-state index contributed by atoms with van der Waals surface area (Å²) in [4.78, 5) is 11.7. The minimum absolute atomic E-state index is 0.142. The van der Waals surface area contributed by atoms with Crippen LogP contribution in [0.3, 0.4) is 0 Å². The number of hydrogen-bond acceptors (Lipinski definition) is 2. The van der Waals surface area contributed by atoms with Gasteiger partial charge in [0.1, 0.15) is 0 Å². The Morgan fingerprint density at radius 1 is 1.32 bits per heavy atom. The molecule has 3 N–H and O–H groups in total. The Morgan fingerprint density at radius 3 is 2.55 bits per heavy atom. The van der Waals surface area contributed by atoms with Crippen LogP contribution in [0, 0.1) is 0 Å². The summed E-state index contributed by atoms with van der Waals surface area (Å²) in [5.41, 5.74) is 6.48. The molecule has 1 amide bonds. The van der Waals surface area contributed by atoms with Gasteiger partial charge in [0.2, 0.25) is 0 Å². The molecule has 0 aliphatic carbocycles. The molecule has 0 fully saturated rings. The van der Waals surface area contributed by atoms with Crippen molar-refractivity contribution in [2.45, 2.75) is 45.6 Å². The highest BCUT2D eigenvalue weighted by atomic mass is 35.5. The van der Waals surface area contributed by atoms with Gasteiger partial charge >= 0.3 is 0 Å². The number of carbonyl (C=O) groups is 1. The van der Waals surface area contributed by atoms with E-state index < -0.39 is 11.5 Å². The normalized spacial score (nSPS) is 14.3. The highest BCUT2D eigenvalue weighted by Crippen LogP contribution is 2.28. The Bertz CT molecular complexity index is 589. The summed E-state index contributed by atoms with van der Waals surface area (Å²) in [6.45, 7) is 6.10. The lowest BCUT2D eigenvalue weighted by molar-refractivity contribution is -0.137. The third-order valence-electron chi connectivity index (χ3n) is 3.55. The van der Waals surface area contributed by atoms with Crippen LogP contribution in [0.15, 0.2) is 47.6 Å². The Balaban J connectivity index is 2.88. The molecule has 1 atom stereocenters. The molecule has 3 nitrogen and oxygen atoms in total. The number of amides is 1. The lowest BCUT2D eigenvalue weighted by Crippen LogP contribution is -2.40. The van der Waals surface area contributed by atoms with Crippen LogP contribution in [0.5, 0.6) is 0 Å². The Hall–Kier alpha value is -1.58. The van der Waals surface area contributed by atoms with Crippen molar-refractivity contribution in [1.82, 2.24) is 0 Å². The summed E-state index contributed by atoms with van der Waals surface area (Å²) in [6.07, 6.45) is 5.99. The van der Waals surface area contributed by atoms with Crippen molar-refractivity contribution in [3.63, 3.8) is 0 Å². The van der Waals surface area contributed by atoms with Crippen molar-refractivity contribution in [3.05, 3.63) is 58.1 Å². The largest absolute Gasteiger partial charge is 0.375 e. The molecule has 1 rings (SSSR count). The van der Waals surface area contributed by atoms with E-state index in [1.165, 1.54) is 5.57 Å². The molecule has 4 heteroatoms. The van der Waals surface area contributed by atoms with Gasteiger partial charge in [0.15, 0.2) is 5.60 Å². The fourth-order valence-electron chi connectivity index (χ4n) is 2.12. The summed E-state index contributed by atoms with van der Waals surface area (Å²) >= 11 is 5.93. The number of primary amides is 1. The average Bonchev–Trinajstić information content (AvgIpc) is 2.44. The van der Waals surface area contributed by atoms with E-state index in [1.54, 1.807) is 24.3 Å². The molecule has 0 spiro atoms. The van der Waals surface area contributed by atoms with Gasteiger partial charge < -0.3 is 10.8 Å². The van der Waals surface area contributed by atoms with E-state index in [0.717, 1.165) is 18.4 Å². The molecular weight excluding hydrogens is 298 g/mol. The van der Waals surface area contributed by atoms with Gasteiger partial charge in [-0.2, -0.15) is 0 Å². The number of nitrogens with two attached hydrogens (primary N) is 1. The molecule has 0 aromatic heterocycles. The zero-order valence-electron chi connectivity index (χ0n) is 13.4. The quantitative estimate of drug-likeness (QED) is 0.743. The predicted octanol–water partition coefficient (Wildman–Crippen LogP) is 4.10. The van der Waals surface area contributed by atoms with Crippen LogP contribution in [0.1, 0.15) is 45.6 Å². The fourth-order valence-corrected chi connectivity index (χ4v) is 2.31. The van der Waals surface area contributed by atoms with E-state index in [-0.39, 0.29) is 6.42 Å². The minimum Gasteiger partial charge on any atom is -0.375 e. The monoisotopic (exact) mass is 321 g/mol. The summed E-state index contributed by atoms with van der Waals surface area (Å²) in [6, 6.07) is 6.60. The first kappa shape index (κ1) is 18.5. The molecule has 1 unspecified atom stereocenters. The summed E-state index contributed by atoms with van der Waals surface area (Å²) in [7, 11) is 0. The SMILES string of the molecule is CC(C)=CCC/C(C)=C/CC(O)(C(N)=O)c1cccc(Cl)c1. The molecule has 0 radical (unpaired) electrons. The van der Waals surface area contributed by atoms with Crippen LogP contribution < -0.4 is 5.73 Å². The smallest absolute Gasteiger partial charge is 0.254 e. The van der Waals surface area contributed by atoms with Gasteiger partial charge in [-0.05, 0) is 51.3 Å². The molecule has 1 aromatic rings. The number of hydrogen-bond donors (Lipinski definition) is 2. The van der Waals surface area contributed by atoms with Crippen molar-refractivity contribution in [2.75, 3.05) is 0 Å². The van der Waals surface area contributed by atoms with Gasteiger partial charge in [0.25, 0.3) is 5.91 Å². The van der Waals surface area contributed by atoms with Crippen LogP contribution in [0.25, 0.3) is 0 Å². The summed E-state index contributed by atoms with van der Waals surface area (Å²) in [5.74, 6) is -0.775. The van der Waals surface area contributed by atoms with E-state index in [0.29, 0.717) is 10.6 Å². The Labute approximate surface area is 137 Å².